The first kappa shape index (κ1) is 14.4. The lowest BCUT2D eigenvalue weighted by Gasteiger charge is -2.23. The fourth-order valence-electron chi connectivity index (χ4n) is 4.63. The molecule has 3 nitrogen and oxygen atoms in total. The van der Waals surface area contributed by atoms with Crippen molar-refractivity contribution in [3.8, 4) is 0 Å². The highest BCUT2D eigenvalue weighted by atomic mass is 31.2. The van der Waals surface area contributed by atoms with Crippen LogP contribution in [0.3, 0.4) is 0 Å². The quantitative estimate of drug-likeness (QED) is 0.518. The molecule has 0 saturated heterocycles. The molecule has 4 rings (SSSR count). The molecule has 4 aliphatic carbocycles. The van der Waals surface area contributed by atoms with Crippen molar-refractivity contribution < 1.29 is 13.6 Å². The van der Waals surface area contributed by atoms with Gasteiger partial charge in [0.05, 0.1) is 13.2 Å². The van der Waals surface area contributed by atoms with Crippen molar-refractivity contribution >= 4 is 8.60 Å². The summed E-state index contributed by atoms with van der Waals surface area (Å²) in [6, 6.07) is 0. The van der Waals surface area contributed by atoms with Crippen LogP contribution in [0.15, 0.2) is 24.3 Å². The molecule has 0 aromatic heterocycles. The van der Waals surface area contributed by atoms with E-state index < -0.39 is 8.60 Å². The second-order valence-electron chi connectivity index (χ2n) is 7.08. The average Bonchev–Trinajstić information content (AvgIpc) is 3.27. The van der Waals surface area contributed by atoms with Gasteiger partial charge in [0.2, 0.25) is 0 Å². The zero-order valence-corrected chi connectivity index (χ0v) is 13.6. The minimum Gasteiger partial charge on any atom is -0.316 e. The molecule has 2 saturated carbocycles. The van der Waals surface area contributed by atoms with Gasteiger partial charge in [-0.1, -0.05) is 24.3 Å². The van der Waals surface area contributed by atoms with Gasteiger partial charge in [-0.3, -0.25) is 0 Å². The molecule has 116 valence electrons. The highest BCUT2D eigenvalue weighted by Crippen LogP contribution is 2.49. The maximum atomic E-state index is 5.94. The lowest BCUT2D eigenvalue weighted by molar-refractivity contribution is 0.132. The predicted octanol–water partition coefficient (Wildman–Crippen LogP) is 4.32. The van der Waals surface area contributed by atoms with Crippen LogP contribution in [0.5, 0.6) is 0 Å². The molecule has 6 atom stereocenters. The van der Waals surface area contributed by atoms with E-state index in [1.807, 2.05) is 0 Å². The molecule has 0 aromatic carbocycles. The fourth-order valence-corrected chi connectivity index (χ4v) is 5.54. The average molecular weight is 308 g/mol. The van der Waals surface area contributed by atoms with Crippen molar-refractivity contribution in [1.82, 2.24) is 0 Å². The Morgan fingerprint density at radius 2 is 1.33 bits per heavy atom. The van der Waals surface area contributed by atoms with E-state index in [-0.39, 0.29) is 0 Å². The largest absolute Gasteiger partial charge is 0.332 e. The van der Waals surface area contributed by atoms with Gasteiger partial charge in [-0.15, -0.1) is 0 Å². The monoisotopic (exact) mass is 308 g/mol. The lowest BCUT2D eigenvalue weighted by atomic mass is 9.95. The van der Waals surface area contributed by atoms with Crippen LogP contribution >= 0.6 is 8.60 Å². The van der Waals surface area contributed by atoms with Crippen LogP contribution < -0.4 is 0 Å². The molecule has 0 spiro atoms. The maximum absolute atomic E-state index is 5.94. The van der Waals surface area contributed by atoms with E-state index in [9.17, 15) is 0 Å². The van der Waals surface area contributed by atoms with E-state index in [0.29, 0.717) is 11.8 Å². The molecule has 0 amide bonds. The van der Waals surface area contributed by atoms with Crippen molar-refractivity contribution in [3.05, 3.63) is 24.3 Å². The summed E-state index contributed by atoms with van der Waals surface area (Å²) in [4.78, 5) is 0. The summed E-state index contributed by atoms with van der Waals surface area (Å²) < 4.78 is 17.3. The van der Waals surface area contributed by atoms with Gasteiger partial charge in [-0.25, -0.2) is 0 Å². The first-order valence-electron chi connectivity index (χ1n) is 8.28. The molecule has 6 unspecified atom stereocenters. The number of fused-ring (bicyclic) bond motifs is 4. The Kier molecular flexibility index (Phi) is 4.19. The van der Waals surface area contributed by atoms with Gasteiger partial charge in [0.1, 0.15) is 0 Å². The molecule has 0 N–H and O–H groups in total. The van der Waals surface area contributed by atoms with E-state index in [4.69, 9.17) is 13.6 Å². The van der Waals surface area contributed by atoms with E-state index in [2.05, 4.69) is 24.3 Å². The molecular formula is C17H25O3P. The summed E-state index contributed by atoms with van der Waals surface area (Å²) in [7, 11) is 0.544. The molecule has 4 aliphatic rings. The number of hydrogen-bond acceptors (Lipinski definition) is 3. The molecule has 2 fully saturated rings. The van der Waals surface area contributed by atoms with E-state index in [1.165, 1.54) is 25.7 Å². The normalized spacial score (nSPS) is 44.0. The SMILES string of the molecule is COP(OCC1CC2C=CC1C2)OCC1CC2C=CC1C2. The van der Waals surface area contributed by atoms with Crippen molar-refractivity contribution in [3.63, 3.8) is 0 Å². The third-order valence-electron chi connectivity index (χ3n) is 5.77. The Bertz CT molecular complexity index is 398. The van der Waals surface area contributed by atoms with Gasteiger partial charge in [0, 0.05) is 7.11 Å². The van der Waals surface area contributed by atoms with Crippen LogP contribution in [-0.4, -0.2) is 20.3 Å². The molecule has 21 heavy (non-hydrogen) atoms. The van der Waals surface area contributed by atoms with Crippen LogP contribution in [0.2, 0.25) is 0 Å². The molecular weight excluding hydrogens is 283 g/mol. The summed E-state index contributed by atoms with van der Waals surface area (Å²) >= 11 is 0. The molecule has 0 aliphatic heterocycles. The van der Waals surface area contributed by atoms with Crippen LogP contribution in [0.25, 0.3) is 0 Å². The molecule has 0 radical (unpaired) electrons. The smallest absolute Gasteiger partial charge is 0.316 e. The molecule has 4 heteroatoms. The molecule has 4 bridgehead atoms. The first-order chi connectivity index (χ1) is 10.3. The summed E-state index contributed by atoms with van der Waals surface area (Å²) in [6.07, 6.45) is 14.7. The van der Waals surface area contributed by atoms with Crippen molar-refractivity contribution in [2.75, 3.05) is 20.3 Å². The van der Waals surface area contributed by atoms with Gasteiger partial charge in [-0.2, -0.15) is 0 Å². The summed E-state index contributed by atoms with van der Waals surface area (Å²) in [5.41, 5.74) is 0. The maximum Gasteiger partial charge on any atom is 0.332 e. The van der Waals surface area contributed by atoms with Gasteiger partial charge in [0.25, 0.3) is 0 Å². The van der Waals surface area contributed by atoms with Crippen LogP contribution in [-0.2, 0) is 13.6 Å². The van der Waals surface area contributed by atoms with Crippen LogP contribution in [0.1, 0.15) is 25.7 Å². The van der Waals surface area contributed by atoms with Crippen molar-refractivity contribution in [2.24, 2.45) is 35.5 Å². The van der Waals surface area contributed by atoms with E-state index in [0.717, 1.165) is 36.9 Å². The second-order valence-corrected chi connectivity index (χ2v) is 8.41. The molecule has 0 aromatic rings. The third kappa shape index (κ3) is 2.99. The fraction of sp³-hybridized carbons (Fsp3) is 0.765. The van der Waals surface area contributed by atoms with E-state index in [1.54, 1.807) is 7.11 Å². The Morgan fingerprint density at radius 1 is 0.810 bits per heavy atom. The predicted molar refractivity (Wildman–Crippen MR) is 83.5 cm³/mol. The number of allylic oxidation sites excluding steroid dienone is 4. The highest BCUT2D eigenvalue weighted by molar-refractivity contribution is 7.41. The minimum atomic E-state index is -1.16. The summed E-state index contributed by atoms with van der Waals surface area (Å²) in [5.74, 6) is 4.43. The van der Waals surface area contributed by atoms with Gasteiger partial charge in [0.15, 0.2) is 0 Å². The Hall–Kier alpha value is -0.210. The van der Waals surface area contributed by atoms with E-state index >= 15 is 0 Å². The number of rotatable bonds is 7. The van der Waals surface area contributed by atoms with Gasteiger partial charge >= 0.3 is 8.60 Å². The van der Waals surface area contributed by atoms with Crippen LogP contribution in [0, 0.1) is 35.5 Å². The topological polar surface area (TPSA) is 27.7 Å². The Labute approximate surface area is 128 Å². The minimum absolute atomic E-state index is 0.675. The zero-order chi connectivity index (χ0) is 14.2. The van der Waals surface area contributed by atoms with Gasteiger partial charge in [-0.05, 0) is 61.2 Å². The standard InChI is InChI=1S/C17H25O3P/c1-18-21(19-10-16-8-12-2-4-14(16)6-12)20-11-17-9-13-3-5-15(17)7-13/h2-5,12-17H,6-11H2,1H3. The summed E-state index contributed by atoms with van der Waals surface area (Å²) in [5, 5.41) is 0. The van der Waals surface area contributed by atoms with Crippen molar-refractivity contribution in [2.45, 2.75) is 25.7 Å². The Morgan fingerprint density at radius 3 is 1.67 bits per heavy atom. The zero-order valence-electron chi connectivity index (χ0n) is 12.7. The second kappa shape index (κ2) is 6.12. The van der Waals surface area contributed by atoms with Gasteiger partial charge < -0.3 is 13.6 Å². The molecule has 0 heterocycles. The highest BCUT2D eigenvalue weighted by Gasteiger charge is 2.38. The number of hydrogen-bond donors (Lipinski definition) is 0. The first-order valence-corrected chi connectivity index (χ1v) is 9.38. The van der Waals surface area contributed by atoms with Crippen molar-refractivity contribution in [1.29, 1.82) is 0 Å². The lowest BCUT2D eigenvalue weighted by Crippen LogP contribution is -2.16. The third-order valence-corrected chi connectivity index (χ3v) is 6.79. The van der Waals surface area contributed by atoms with Crippen LogP contribution in [0.4, 0.5) is 0 Å². The Balaban J connectivity index is 1.20. The summed E-state index contributed by atoms with van der Waals surface area (Å²) in [6.45, 7) is 1.59.